The van der Waals surface area contributed by atoms with Crippen LogP contribution in [0.5, 0.6) is 0 Å². The van der Waals surface area contributed by atoms with Crippen molar-refractivity contribution >= 4 is 11.8 Å². The molecule has 1 aliphatic rings. The third-order valence-corrected chi connectivity index (χ3v) is 4.75. The Morgan fingerprint density at radius 2 is 2.29 bits per heavy atom. The number of carbonyl (C=O) groups excluding carboxylic acids is 1. The Kier molecular flexibility index (Phi) is 4.49. The number of likely N-dealkylation sites (tertiary alicyclic amines) is 1. The highest BCUT2D eigenvalue weighted by Gasteiger charge is 2.33. The molecule has 1 amide bonds. The van der Waals surface area contributed by atoms with Gasteiger partial charge in [0.2, 0.25) is 5.88 Å². The van der Waals surface area contributed by atoms with Crippen LogP contribution in [0.1, 0.15) is 51.0 Å². The molecule has 0 aromatic carbocycles. The van der Waals surface area contributed by atoms with E-state index in [0.29, 0.717) is 18.5 Å². The van der Waals surface area contributed by atoms with Gasteiger partial charge in [-0.2, -0.15) is 0 Å². The minimum Gasteiger partial charge on any atom is -0.350 e. The van der Waals surface area contributed by atoms with Gasteiger partial charge in [-0.3, -0.25) is 10.1 Å². The number of aryl methyl sites for hydroxylation is 1. The van der Waals surface area contributed by atoms with Gasteiger partial charge >= 0.3 is 0 Å². The maximum atomic E-state index is 12.4. The number of amides is 1. The lowest BCUT2D eigenvalue weighted by atomic mass is 9.92. The van der Waals surface area contributed by atoms with Crippen molar-refractivity contribution < 1.29 is 14.2 Å². The summed E-state index contributed by atoms with van der Waals surface area (Å²) in [7, 11) is 2.06. The first kappa shape index (κ1) is 16.8. The van der Waals surface area contributed by atoms with Crippen LogP contribution in [0.3, 0.4) is 0 Å². The fourth-order valence-electron chi connectivity index (χ4n) is 3.39. The van der Waals surface area contributed by atoms with Crippen LogP contribution in [0.25, 0.3) is 0 Å². The molecule has 0 saturated carbocycles. The summed E-state index contributed by atoms with van der Waals surface area (Å²) in [6, 6.07) is 6.41. The second-order valence-corrected chi connectivity index (χ2v) is 7.70. The van der Waals surface area contributed by atoms with E-state index in [1.54, 1.807) is 0 Å². The lowest BCUT2D eigenvalue weighted by Crippen LogP contribution is -3.11. The molecule has 2 aromatic rings. The smallest absolute Gasteiger partial charge is 0.281 e. The molecule has 24 heavy (non-hydrogen) atoms. The Morgan fingerprint density at radius 3 is 2.92 bits per heavy atom. The van der Waals surface area contributed by atoms with Crippen LogP contribution in [0.2, 0.25) is 0 Å². The number of rotatable bonds is 4. The Morgan fingerprint density at radius 1 is 1.50 bits per heavy atom. The average molecular weight is 331 g/mol. The molecule has 1 unspecified atom stereocenters. The summed E-state index contributed by atoms with van der Waals surface area (Å²) < 4.78 is 7.40. The Labute approximate surface area is 142 Å². The highest BCUT2D eigenvalue weighted by atomic mass is 16.5. The molecule has 6 heteroatoms. The summed E-state index contributed by atoms with van der Waals surface area (Å²) in [4.78, 5) is 13.7. The van der Waals surface area contributed by atoms with E-state index in [9.17, 15) is 4.79 Å². The molecule has 3 heterocycles. The van der Waals surface area contributed by atoms with E-state index in [2.05, 4.69) is 61.2 Å². The molecule has 1 saturated heterocycles. The van der Waals surface area contributed by atoms with E-state index >= 15 is 0 Å². The molecule has 6 nitrogen and oxygen atoms in total. The molecule has 2 aromatic heterocycles. The van der Waals surface area contributed by atoms with Crippen molar-refractivity contribution in [3.05, 3.63) is 35.8 Å². The molecule has 2 atom stereocenters. The van der Waals surface area contributed by atoms with Gasteiger partial charge in [0.25, 0.3) is 5.91 Å². The van der Waals surface area contributed by atoms with E-state index in [1.807, 2.05) is 6.07 Å². The summed E-state index contributed by atoms with van der Waals surface area (Å²) in [5.74, 6) is 0.404. The molecule has 3 rings (SSSR count). The highest BCUT2D eigenvalue weighted by Crippen LogP contribution is 2.23. The number of anilines is 1. The monoisotopic (exact) mass is 331 g/mol. The SMILES string of the molecule is Cn1cccc1[C@H]1CCC[NH+]1CC(=O)Nc1cc(C(C)(C)C)no1. The van der Waals surface area contributed by atoms with Crippen LogP contribution >= 0.6 is 0 Å². The Bertz CT molecular complexity index is 711. The normalized spacial score (nSPS) is 21.2. The van der Waals surface area contributed by atoms with E-state index in [-0.39, 0.29) is 11.3 Å². The van der Waals surface area contributed by atoms with Crippen LogP contribution in [-0.4, -0.2) is 28.7 Å². The molecule has 2 N–H and O–H groups in total. The fourth-order valence-corrected chi connectivity index (χ4v) is 3.39. The maximum Gasteiger partial charge on any atom is 0.281 e. The van der Waals surface area contributed by atoms with Crippen LogP contribution in [0, 0.1) is 0 Å². The number of quaternary nitrogens is 1. The zero-order chi connectivity index (χ0) is 17.3. The Hall–Kier alpha value is -2.08. The number of carbonyl (C=O) groups is 1. The highest BCUT2D eigenvalue weighted by molar-refractivity contribution is 5.90. The first-order valence-corrected chi connectivity index (χ1v) is 8.57. The van der Waals surface area contributed by atoms with Gasteiger partial charge in [0.15, 0.2) is 6.54 Å². The van der Waals surface area contributed by atoms with Gasteiger partial charge in [0.05, 0.1) is 17.9 Å². The quantitative estimate of drug-likeness (QED) is 0.896. The van der Waals surface area contributed by atoms with Gasteiger partial charge in [-0.05, 0) is 12.1 Å². The van der Waals surface area contributed by atoms with E-state index in [4.69, 9.17) is 4.52 Å². The van der Waals surface area contributed by atoms with Gasteiger partial charge in [0.1, 0.15) is 6.04 Å². The van der Waals surface area contributed by atoms with Crippen molar-refractivity contribution in [3.63, 3.8) is 0 Å². The third-order valence-electron chi connectivity index (χ3n) is 4.75. The Balaban J connectivity index is 1.62. The van der Waals surface area contributed by atoms with Crippen molar-refractivity contribution in [3.8, 4) is 0 Å². The molecular formula is C18H27N4O2+. The van der Waals surface area contributed by atoms with Gasteiger partial charge in [-0.25, -0.2) is 0 Å². The third kappa shape index (κ3) is 3.53. The average Bonchev–Trinajstić information content (AvgIpc) is 3.19. The van der Waals surface area contributed by atoms with Gasteiger partial charge < -0.3 is 14.0 Å². The summed E-state index contributed by atoms with van der Waals surface area (Å²) in [6.07, 6.45) is 4.33. The minimum atomic E-state index is -0.0929. The molecular weight excluding hydrogens is 304 g/mol. The predicted molar refractivity (Wildman–Crippen MR) is 91.9 cm³/mol. The number of nitrogens with zero attached hydrogens (tertiary/aromatic N) is 2. The molecule has 1 aliphatic heterocycles. The number of hydrogen-bond acceptors (Lipinski definition) is 3. The minimum absolute atomic E-state index is 0.0253. The molecule has 0 spiro atoms. The standard InChI is InChI=1S/C18H26N4O2/c1-18(2,3)15-11-17(24-20-15)19-16(23)12-22-10-6-8-14(22)13-7-5-9-21(13)4/h5,7,9,11,14H,6,8,10,12H2,1-4H3,(H,19,23)/p+1/t14-/m1/s1. The van der Waals surface area contributed by atoms with Crippen molar-refractivity contribution in [1.29, 1.82) is 0 Å². The van der Waals surface area contributed by atoms with Gasteiger partial charge in [-0.15, -0.1) is 0 Å². The second-order valence-electron chi connectivity index (χ2n) is 7.70. The lowest BCUT2D eigenvalue weighted by molar-refractivity contribution is -0.910. The van der Waals surface area contributed by atoms with Crippen LogP contribution in [-0.2, 0) is 17.3 Å². The summed E-state index contributed by atoms with van der Waals surface area (Å²) in [6.45, 7) is 7.66. The first-order chi connectivity index (χ1) is 11.3. The maximum absolute atomic E-state index is 12.4. The fraction of sp³-hybridized carbons (Fsp3) is 0.556. The van der Waals surface area contributed by atoms with E-state index in [0.717, 1.165) is 25.1 Å². The zero-order valence-corrected chi connectivity index (χ0v) is 14.9. The molecule has 0 bridgehead atoms. The molecule has 0 aliphatic carbocycles. The van der Waals surface area contributed by atoms with Crippen molar-refractivity contribution in [2.45, 2.75) is 45.1 Å². The molecule has 130 valence electrons. The van der Waals surface area contributed by atoms with Gasteiger partial charge in [0, 0.05) is 37.6 Å². The largest absolute Gasteiger partial charge is 0.350 e. The summed E-state index contributed by atoms with van der Waals surface area (Å²) in [5.41, 5.74) is 2.04. The molecule has 0 radical (unpaired) electrons. The van der Waals surface area contributed by atoms with E-state index < -0.39 is 0 Å². The number of nitrogens with one attached hydrogen (secondary N) is 2. The second kappa shape index (κ2) is 6.43. The number of aromatic nitrogens is 2. The van der Waals surface area contributed by atoms with Crippen molar-refractivity contribution in [2.75, 3.05) is 18.4 Å². The van der Waals surface area contributed by atoms with Crippen LogP contribution in [0.15, 0.2) is 28.9 Å². The van der Waals surface area contributed by atoms with Crippen LogP contribution < -0.4 is 10.2 Å². The van der Waals surface area contributed by atoms with Crippen LogP contribution in [0.4, 0.5) is 5.88 Å². The van der Waals surface area contributed by atoms with Gasteiger partial charge in [-0.1, -0.05) is 25.9 Å². The summed E-state index contributed by atoms with van der Waals surface area (Å²) >= 11 is 0. The van der Waals surface area contributed by atoms with Crippen molar-refractivity contribution in [1.82, 2.24) is 9.72 Å². The predicted octanol–water partition coefficient (Wildman–Crippen LogP) is 1.67. The lowest BCUT2D eigenvalue weighted by Gasteiger charge is -2.21. The zero-order valence-electron chi connectivity index (χ0n) is 14.9. The number of hydrogen-bond donors (Lipinski definition) is 2. The van der Waals surface area contributed by atoms with E-state index in [1.165, 1.54) is 10.6 Å². The van der Waals surface area contributed by atoms with Crippen molar-refractivity contribution in [2.24, 2.45) is 7.05 Å². The summed E-state index contributed by atoms with van der Waals surface area (Å²) in [5, 5.41) is 6.89. The first-order valence-electron chi connectivity index (χ1n) is 8.57. The topological polar surface area (TPSA) is 64.5 Å². The molecule has 1 fully saturated rings.